The maximum Gasteiger partial charge on any atom is 0.312 e. The summed E-state index contributed by atoms with van der Waals surface area (Å²) in [5.74, 6) is -1.72. The molecule has 1 unspecified atom stereocenters. The smallest absolute Gasteiger partial charge is 0.312 e. The molecule has 1 atom stereocenters. The maximum absolute atomic E-state index is 11.8. The third-order valence-corrected chi connectivity index (χ3v) is 2.90. The Morgan fingerprint density at radius 1 is 1.37 bits per heavy atom. The van der Waals surface area contributed by atoms with Crippen LogP contribution in [0, 0.1) is 6.92 Å². The molecule has 2 aromatic rings. The van der Waals surface area contributed by atoms with Gasteiger partial charge in [-0.2, -0.15) is 0 Å². The van der Waals surface area contributed by atoms with E-state index in [0.717, 1.165) is 0 Å². The van der Waals surface area contributed by atoms with Gasteiger partial charge in [-0.25, -0.2) is 4.98 Å². The summed E-state index contributed by atoms with van der Waals surface area (Å²) in [5.41, 5.74) is 1.05. The predicted molar refractivity (Wildman–Crippen MR) is 70.1 cm³/mol. The molecule has 98 valence electrons. The summed E-state index contributed by atoms with van der Waals surface area (Å²) in [4.78, 5) is 27.1. The van der Waals surface area contributed by atoms with Crippen molar-refractivity contribution in [2.75, 3.05) is 0 Å². The molecule has 0 aliphatic carbocycles. The van der Waals surface area contributed by atoms with Crippen molar-refractivity contribution in [3.63, 3.8) is 0 Å². The second-order valence-electron chi connectivity index (χ2n) is 4.32. The number of aryl methyl sites for hydroxylation is 1. The Labute approximate surface area is 110 Å². The molecule has 19 heavy (non-hydrogen) atoms. The SMILES string of the molecule is Cc1cc(=O)n(CC(C(=O)O)c2ccccc2)cn1. The number of aliphatic carboxylic acids is 1. The van der Waals surface area contributed by atoms with Crippen LogP contribution >= 0.6 is 0 Å². The zero-order chi connectivity index (χ0) is 13.8. The lowest BCUT2D eigenvalue weighted by Crippen LogP contribution is -2.26. The summed E-state index contributed by atoms with van der Waals surface area (Å²) < 4.78 is 1.32. The number of nitrogens with zero attached hydrogens (tertiary/aromatic N) is 2. The molecule has 5 nitrogen and oxygen atoms in total. The van der Waals surface area contributed by atoms with Crippen molar-refractivity contribution in [1.29, 1.82) is 0 Å². The van der Waals surface area contributed by atoms with E-state index in [-0.39, 0.29) is 12.1 Å². The van der Waals surface area contributed by atoms with Gasteiger partial charge in [0.25, 0.3) is 5.56 Å². The molecule has 0 bridgehead atoms. The van der Waals surface area contributed by atoms with E-state index in [1.54, 1.807) is 31.2 Å². The highest BCUT2D eigenvalue weighted by Crippen LogP contribution is 2.17. The monoisotopic (exact) mass is 258 g/mol. The molecule has 1 N–H and O–H groups in total. The van der Waals surface area contributed by atoms with Crippen molar-refractivity contribution < 1.29 is 9.90 Å². The highest BCUT2D eigenvalue weighted by atomic mass is 16.4. The molecular weight excluding hydrogens is 244 g/mol. The summed E-state index contributed by atoms with van der Waals surface area (Å²) in [5, 5.41) is 9.30. The molecule has 1 aromatic heterocycles. The molecule has 0 saturated carbocycles. The summed E-state index contributed by atoms with van der Waals surface area (Å²) in [6.07, 6.45) is 1.39. The van der Waals surface area contributed by atoms with Crippen molar-refractivity contribution >= 4 is 5.97 Å². The van der Waals surface area contributed by atoms with E-state index < -0.39 is 11.9 Å². The number of carboxylic acid groups (broad SMARTS) is 1. The summed E-state index contributed by atoms with van der Waals surface area (Å²) in [7, 11) is 0. The van der Waals surface area contributed by atoms with E-state index >= 15 is 0 Å². The first-order valence-electron chi connectivity index (χ1n) is 5.89. The van der Waals surface area contributed by atoms with Crippen LogP contribution in [0.3, 0.4) is 0 Å². The Bertz CT molecular complexity index is 635. The minimum absolute atomic E-state index is 0.0749. The second-order valence-corrected chi connectivity index (χ2v) is 4.32. The van der Waals surface area contributed by atoms with E-state index in [0.29, 0.717) is 11.3 Å². The number of aromatic nitrogens is 2. The first kappa shape index (κ1) is 13.0. The van der Waals surface area contributed by atoms with Gasteiger partial charge in [-0.1, -0.05) is 30.3 Å². The lowest BCUT2D eigenvalue weighted by atomic mass is 9.99. The lowest BCUT2D eigenvalue weighted by Gasteiger charge is -2.14. The molecular formula is C14H14N2O3. The fourth-order valence-corrected chi connectivity index (χ4v) is 1.86. The summed E-state index contributed by atoms with van der Waals surface area (Å²) in [6, 6.07) is 10.3. The van der Waals surface area contributed by atoms with Crippen LogP contribution in [0.2, 0.25) is 0 Å². The van der Waals surface area contributed by atoms with E-state index in [1.807, 2.05) is 6.07 Å². The Hall–Kier alpha value is -2.43. The van der Waals surface area contributed by atoms with Crippen LogP contribution in [0.1, 0.15) is 17.2 Å². The quantitative estimate of drug-likeness (QED) is 0.900. The fourth-order valence-electron chi connectivity index (χ4n) is 1.86. The van der Waals surface area contributed by atoms with Gasteiger partial charge in [0.05, 0.1) is 12.2 Å². The average molecular weight is 258 g/mol. The Kier molecular flexibility index (Phi) is 3.75. The number of rotatable bonds is 4. The third-order valence-electron chi connectivity index (χ3n) is 2.90. The largest absolute Gasteiger partial charge is 0.481 e. The van der Waals surface area contributed by atoms with Gasteiger partial charge in [-0.3, -0.25) is 14.2 Å². The summed E-state index contributed by atoms with van der Waals surface area (Å²) >= 11 is 0. The Morgan fingerprint density at radius 3 is 2.63 bits per heavy atom. The maximum atomic E-state index is 11.8. The Morgan fingerprint density at radius 2 is 2.05 bits per heavy atom. The molecule has 0 aliphatic heterocycles. The number of carboxylic acids is 1. The topological polar surface area (TPSA) is 72.2 Å². The van der Waals surface area contributed by atoms with Crippen LogP contribution in [0.4, 0.5) is 0 Å². The van der Waals surface area contributed by atoms with Crippen LogP contribution in [-0.4, -0.2) is 20.6 Å². The van der Waals surface area contributed by atoms with Crippen molar-refractivity contribution in [3.8, 4) is 0 Å². The first-order chi connectivity index (χ1) is 9.08. The van der Waals surface area contributed by atoms with Gasteiger partial charge in [0, 0.05) is 18.3 Å². The molecule has 0 radical (unpaired) electrons. The second kappa shape index (κ2) is 5.48. The van der Waals surface area contributed by atoms with Crippen molar-refractivity contribution in [3.05, 3.63) is 64.3 Å². The van der Waals surface area contributed by atoms with Crippen LogP contribution in [0.25, 0.3) is 0 Å². The predicted octanol–water partition coefficient (Wildman–Crippen LogP) is 1.42. The zero-order valence-corrected chi connectivity index (χ0v) is 10.5. The minimum atomic E-state index is -0.960. The minimum Gasteiger partial charge on any atom is -0.481 e. The van der Waals surface area contributed by atoms with Crippen molar-refractivity contribution in [1.82, 2.24) is 9.55 Å². The van der Waals surface area contributed by atoms with Gasteiger partial charge in [0.2, 0.25) is 0 Å². The third kappa shape index (κ3) is 3.07. The zero-order valence-electron chi connectivity index (χ0n) is 10.5. The standard InChI is InChI=1S/C14H14N2O3/c1-10-7-13(17)16(9-15-10)8-12(14(18)19)11-5-3-2-4-6-11/h2-7,9,12H,8H2,1H3,(H,18,19). The highest BCUT2D eigenvalue weighted by Gasteiger charge is 2.20. The van der Waals surface area contributed by atoms with E-state index in [1.165, 1.54) is 17.0 Å². The molecule has 5 heteroatoms. The van der Waals surface area contributed by atoms with E-state index in [9.17, 15) is 14.7 Å². The molecule has 0 fully saturated rings. The number of hydrogen-bond donors (Lipinski definition) is 1. The number of benzene rings is 1. The van der Waals surface area contributed by atoms with Gasteiger partial charge in [-0.15, -0.1) is 0 Å². The normalized spacial score (nSPS) is 12.1. The van der Waals surface area contributed by atoms with Crippen LogP contribution in [0.5, 0.6) is 0 Å². The van der Waals surface area contributed by atoms with Gasteiger partial charge in [0.1, 0.15) is 0 Å². The van der Waals surface area contributed by atoms with Gasteiger partial charge < -0.3 is 5.11 Å². The van der Waals surface area contributed by atoms with Gasteiger partial charge in [0.15, 0.2) is 0 Å². The molecule has 0 spiro atoms. The van der Waals surface area contributed by atoms with Crippen molar-refractivity contribution in [2.45, 2.75) is 19.4 Å². The van der Waals surface area contributed by atoms with Gasteiger partial charge >= 0.3 is 5.97 Å². The van der Waals surface area contributed by atoms with E-state index in [4.69, 9.17) is 0 Å². The molecule has 2 rings (SSSR count). The highest BCUT2D eigenvalue weighted by molar-refractivity contribution is 5.75. The molecule has 1 heterocycles. The van der Waals surface area contributed by atoms with Crippen molar-refractivity contribution in [2.24, 2.45) is 0 Å². The fraction of sp³-hybridized carbons (Fsp3) is 0.214. The van der Waals surface area contributed by atoms with E-state index in [2.05, 4.69) is 4.98 Å². The van der Waals surface area contributed by atoms with Crippen LogP contribution < -0.4 is 5.56 Å². The lowest BCUT2D eigenvalue weighted by molar-refractivity contribution is -0.139. The van der Waals surface area contributed by atoms with Crippen LogP contribution in [-0.2, 0) is 11.3 Å². The van der Waals surface area contributed by atoms with Crippen LogP contribution in [0.15, 0.2) is 47.5 Å². The first-order valence-corrected chi connectivity index (χ1v) is 5.89. The Balaban J connectivity index is 2.32. The molecule has 0 amide bonds. The molecule has 0 aliphatic rings. The average Bonchev–Trinajstić information content (AvgIpc) is 2.38. The molecule has 1 aromatic carbocycles. The molecule has 0 saturated heterocycles. The van der Waals surface area contributed by atoms with Gasteiger partial charge in [-0.05, 0) is 12.5 Å². The summed E-state index contributed by atoms with van der Waals surface area (Å²) in [6.45, 7) is 1.79. The number of carbonyl (C=O) groups is 1. The number of hydrogen-bond acceptors (Lipinski definition) is 3.